The molecule has 4 aromatic carbocycles. The molecule has 0 spiro atoms. The standard InChI is InChI=1S/C38H40N2O8S2/c41-35(45-25-29-13-5-1-6-14-29)33(39-37(43)47-27-31-17-9-3-10-18-31)21-23-49-50-24-22-34(36(42)46-26-30-15-7-2-8-16-30)40-38(44)48-28-32-19-11-4-12-20-32/h1-20,33-34H,21-28H2,(H,39,43)(H,40,44). The quantitative estimate of drug-likeness (QED) is 0.0444. The van der Waals surface area contributed by atoms with E-state index in [0.717, 1.165) is 22.3 Å². The molecule has 0 aliphatic heterocycles. The van der Waals surface area contributed by atoms with Crippen molar-refractivity contribution in [3.05, 3.63) is 144 Å². The average molecular weight is 717 g/mol. The van der Waals surface area contributed by atoms with Gasteiger partial charge in [-0.3, -0.25) is 0 Å². The van der Waals surface area contributed by atoms with Crippen molar-refractivity contribution in [2.24, 2.45) is 0 Å². The Hall–Kier alpha value is -4.94. The molecular formula is C38H40N2O8S2. The van der Waals surface area contributed by atoms with Crippen LogP contribution in [-0.4, -0.2) is 47.7 Å². The number of rotatable bonds is 19. The van der Waals surface area contributed by atoms with Crippen LogP contribution in [0.3, 0.4) is 0 Å². The minimum absolute atomic E-state index is 0.0614. The first-order valence-electron chi connectivity index (χ1n) is 16.1. The number of amides is 2. The van der Waals surface area contributed by atoms with Crippen LogP contribution in [0.25, 0.3) is 0 Å². The molecule has 0 aliphatic carbocycles. The van der Waals surface area contributed by atoms with Crippen LogP contribution in [0.4, 0.5) is 9.59 Å². The van der Waals surface area contributed by atoms with Crippen molar-refractivity contribution >= 4 is 45.7 Å². The van der Waals surface area contributed by atoms with E-state index in [2.05, 4.69) is 10.6 Å². The van der Waals surface area contributed by atoms with Crippen LogP contribution >= 0.6 is 21.6 Å². The predicted octanol–water partition coefficient (Wildman–Crippen LogP) is 7.22. The molecule has 0 aliphatic rings. The number of hydrogen-bond acceptors (Lipinski definition) is 10. The highest BCUT2D eigenvalue weighted by Crippen LogP contribution is 2.24. The van der Waals surface area contributed by atoms with E-state index in [1.165, 1.54) is 21.6 Å². The molecule has 4 rings (SSSR count). The molecule has 0 saturated heterocycles. The highest BCUT2D eigenvalue weighted by molar-refractivity contribution is 8.76. The Morgan fingerprint density at radius 2 is 0.720 bits per heavy atom. The van der Waals surface area contributed by atoms with Crippen molar-refractivity contribution in [2.45, 2.75) is 51.4 Å². The minimum Gasteiger partial charge on any atom is -0.459 e. The number of ether oxygens (including phenoxy) is 4. The summed E-state index contributed by atoms with van der Waals surface area (Å²) >= 11 is 0. The van der Waals surface area contributed by atoms with Crippen molar-refractivity contribution in [1.29, 1.82) is 0 Å². The topological polar surface area (TPSA) is 129 Å². The summed E-state index contributed by atoms with van der Waals surface area (Å²) in [5.74, 6) is -0.194. The Bertz CT molecular complexity index is 1480. The SMILES string of the molecule is O=C(NC(CCSSCCC(NC(=O)OCc1ccccc1)C(=O)OCc1ccccc1)C(=O)OCc1ccccc1)OCc1ccccc1. The molecule has 10 nitrogen and oxygen atoms in total. The van der Waals surface area contributed by atoms with E-state index < -0.39 is 36.2 Å². The molecule has 4 aromatic rings. The first-order valence-corrected chi connectivity index (χ1v) is 18.5. The molecule has 0 fully saturated rings. The molecule has 0 heterocycles. The van der Waals surface area contributed by atoms with E-state index in [0.29, 0.717) is 11.5 Å². The second-order valence-electron chi connectivity index (χ2n) is 10.9. The number of carbonyl (C=O) groups is 4. The maximum absolute atomic E-state index is 13.0. The Kier molecular flexibility index (Phi) is 16.6. The van der Waals surface area contributed by atoms with Crippen LogP contribution in [0.5, 0.6) is 0 Å². The summed E-state index contributed by atoms with van der Waals surface area (Å²) in [7, 11) is 2.92. The highest BCUT2D eigenvalue weighted by atomic mass is 33.1. The van der Waals surface area contributed by atoms with E-state index >= 15 is 0 Å². The molecule has 2 atom stereocenters. The molecule has 262 valence electrons. The number of esters is 2. The third kappa shape index (κ3) is 14.7. The van der Waals surface area contributed by atoms with Gasteiger partial charge in [0.25, 0.3) is 0 Å². The van der Waals surface area contributed by atoms with Gasteiger partial charge in [-0.1, -0.05) is 143 Å². The number of alkyl carbamates (subject to hydrolysis) is 2. The van der Waals surface area contributed by atoms with Gasteiger partial charge < -0.3 is 29.6 Å². The smallest absolute Gasteiger partial charge is 0.408 e. The Morgan fingerprint density at radius 3 is 1.02 bits per heavy atom. The molecule has 2 unspecified atom stereocenters. The summed E-state index contributed by atoms with van der Waals surface area (Å²) in [6, 6.07) is 35.1. The molecule has 2 amide bonds. The Labute approximate surface area is 300 Å². The summed E-state index contributed by atoms with van der Waals surface area (Å²) in [4.78, 5) is 51.2. The van der Waals surface area contributed by atoms with Crippen LogP contribution in [0.1, 0.15) is 35.1 Å². The summed E-state index contributed by atoms with van der Waals surface area (Å²) in [5, 5.41) is 5.28. The van der Waals surface area contributed by atoms with Gasteiger partial charge in [-0.15, -0.1) is 0 Å². The van der Waals surface area contributed by atoms with E-state index in [1.54, 1.807) is 0 Å². The lowest BCUT2D eigenvalue weighted by Gasteiger charge is -2.18. The number of hydrogen-bond donors (Lipinski definition) is 2. The van der Waals surface area contributed by atoms with Crippen molar-refractivity contribution in [1.82, 2.24) is 10.6 Å². The monoisotopic (exact) mass is 716 g/mol. The van der Waals surface area contributed by atoms with Gasteiger partial charge in [-0.25, -0.2) is 19.2 Å². The molecule has 0 saturated carbocycles. The summed E-state index contributed by atoms with van der Waals surface area (Å²) < 4.78 is 21.7. The van der Waals surface area contributed by atoms with E-state index in [1.807, 2.05) is 121 Å². The number of carbonyl (C=O) groups excluding carboxylic acids is 4. The van der Waals surface area contributed by atoms with Crippen molar-refractivity contribution in [3.63, 3.8) is 0 Å². The first kappa shape index (κ1) is 37.9. The summed E-state index contributed by atoms with van der Waals surface area (Å²) in [5.41, 5.74) is 3.29. The lowest BCUT2D eigenvalue weighted by Crippen LogP contribution is -2.42. The molecule has 0 radical (unpaired) electrons. The largest absolute Gasteiger partial charge is 0.459 e. The van der Waals surface area contributed by atoms with Crippen molar-refractivity contribution in [2.75, 3.05) is 11.5 Å². The fourth-order valence-corrected chi connectivity index (χ4v) is 6.60. The van der Waals surface area contributed by atoms with Gasteiger partial charge in [0.1, 0.15) is 38.5 Å². The van der Waals surface area contributed by atoms with Gasteiger partial charge in [-0.2, -0.15) is 0 Å². The number of nitrogens with one attached hydrogen (secondary N) is 2. The lowest BCUT2D eigenvalue weighted by atomic mass is 10.2. The highest BCUT2D eigenvalue weighted by Gasteiger charge is 2.25. The zero-order valence-electron chi connectivity index (χ0n) is 27.4. The Balaban J connectivity index is 1.25. The molecule has 0 aromatic heterocycles. The average Bonchev–Trinajstić information content (AvgIpc) is 3.16. The van der Waals surface area contributed by atoms with Gasteiger partial charge in [0.2, 0.25) is 0 Å². The molecule has 12 heteroatoms. The summed E-state index contributed by atoms with van der Waals surface area (Å²) in [6.07, 6.45) is -0.901. The van der Waals surface area contributed by atoms with Crippen molar-refractivity contribution < 1.29 is 38.1 Å². The van der Waals surface area contributed by atoms with E-state index in [4.69, 9.17) is 18.9 Å². The van der Waals surface area contributed by atoms with E-state index in [-0.39, 0.29) is 39.3 Å². The minimum atomic E-state index is -0.933. The second-order valence-corrected chi connectivity index (χ2v) is 13.6. The fraction of sp³-hybridized carbons (Fsp3) is 0.263. The third-order valence-electron chi connectivity index (χ3n) is 7.09. The Morgan fingerprint density at radius 1 is 0.440 bits per heavy atom. The van der Waals surface area contributed by atoms with Crippen LogP contribution in [0.15, 0.2) is 121 Å². The second kappa shape index (κ2) is 21.9. The van der Waals surface area contributed by atoms with Gasteiger partial charge in [0.05, 0.1) is 0 Å². The van der Waals surface area contributed by atoms with Gasteiger partial charge in [0.15, 0.2) is 0 Å². The van der Waals surface area contributed by atoms with Gasteiger partial charge >= 0.3 is 24.1 Å². The van der Waals surface area contributed by atoms with E-state index in [9.17, 15) is 19.2 Å². The fourth-order valence-electron chi connectivity index (χ4n) is 4.42. The van der Waals surface area contributed by atoms with Crippen LogP contribution in [0, 0.1) is 0 Å². The molecular weight excluding hydrogens is 677 g/mol. The molecule has 2 N–H and O–H groups in total. The molecule has 0 bridgehead atoms. The maximum Gasteiger partial charge on any atom is 0.408 e. The van der Waals surface area contributed by atoms with Crippen molar-refractivity contribution in [3.8, 4) is 0 Å². The third-order valence-corrected chi connectivity index (χ3v) is 9.56. The van der Waals surface area contributed by atoms with Crippen LogP contribution < -0.4 is 10.6 Å². The van der Waals surface area contributed by atoms with Gasteiger partial charge in [-0.05, 0) is 35.1 Å². The van der Waals surface area contributed by atoms with Crippen LogP contribution in [0.2, 0.25) is 0 Å². The summed E-state index contributed by atoms with van der Waals surface area (Å²) in [6.45, 7) is 0.264. The predicted molar refractivity (Wildman–Crippen MR) is 194 cm³/mol. The zero-order chi connectivity index (χ0) is 35.2. The normalized spacial score (nSPS) is 11.8. The van der Waals surface area contributed by atoms with Crippen LogP contribution in [-0.2, 0) is 55.0 Å². The lowest BCUT2D eigenvalue weighted by molar-refractivity contribution is -0.148. The number of benzene rings is 4. The van der Waals surface area contributed by atoms with Gasteiger partial charge in [0, 0.05) is 11.5 Å². The zero-order valence-corrected chi connectivity index (χ0v) is 29.1. The maximum atomic E-state index is 13.0. The first-order chi connectivity index (χ1) is 24.5. The molecule has 50 heavy (non-hydrogen) atoms.